The molecule has 0 bridgehead atoms. The zero-order chi connectivity index (χ0) is 6.41. The molecule has 3 heteroatoms. The van der Waals surface area contributed by atoms with E-state index in [1.807, 2.05) is 0 Å². The summed E-state index contributed by atoms with van der Waals surface area (Å²) in [6.07, 6.45) is 0.574. The zero-order valence-corrected chi connectivity index (χ0v) is 5.39. The lowest BCUT2D eigenvalue weighted by Gasteiger charge is -2.10. The number of hydrogen-bond donors (Lipinski definition) is 0. The predicted octanol–water partition coefficient (Wildman–Crippen LogP) is 0.235. The molecule has 0 rings (SSSR count). The van der Waals surface area contributed by atoms with Crippen LogP contribution >= 0.6 is 0 Å². The third-order valence-corrected chi connectivity index (χ3v) is 0.949. The van der Waals surface area contributed by atoms with Crippen LogP contribution in [-0.2, 0) is 9.47 Å². The van der Waals surface area contributed by atoms with Crippen molar-refractivity contribution in [3.05, 3.63) is 0 Å². The maximum absolute atomic E-state index is 5.26. The van der Waals surface area contributed by atoms with Gasteiger partial charge in [-0.05, 0) is 0 Å². The van der Waals surface area contributed by atoms with Crippen LogP contribution in [0.15, 0.2) is 0 Å². The molecular weight excluding hydrogens is 103 g/mol. The molecule has 0 heterocycles. The highest BCUT2D eigenvalue weighted by atomic mass is 16.5. The first-order chi connectivity index (χ1) is 3.85. The minimum atomic E-state index is 0.0556. The Labute approximate surface area is 51.6 Å². The molecule has 0 saturated carbocycles. The molecule has 0 aromatic carbocycles. The van der Waals surface area contributed by atoms with Crippen LogP contribution in [0.4, 0.5) is 0 Å². The molecule has 0 unspecified atom stereocenters. The van der Waals surface area contributed by atoms with Crippen molar-refractivity contribution in [2.75, 3.05) is 20.8 Å². The van der Waals surface area contributed by atoms with Gasteiger partial charge in [0.1, 0.15) is 0 Å². The fourth-order valence-electron chi connectivity index (χ4n) is 0.418. The van der Waals surface area contributed by atoms with Crippen molar-refractivity contribution in [3.8, 4) is 0 Å². The second-order valence-corrected chi connectivity index (χ2v) is 1.55. The Hall–Kier alpha value is -0.0151. The molecule has 2 nitrogen and oxygen atoms in total. The van der Waals surface area contributed by atoms with Crippen LogP contribution in [0.1, 0.15) is 0 Å². The summed E-state index contributed by atoms with van der Waals surface area (Å²) >= 11 is 0. The summed E-state index contributed by atoms with van der Waals surface area (Å²) in [5.74, 6) is 0. The van der Waals surface area contributed by atoms with Gasteiger partial charge in [-0.1, -0.05) is 6.32 Å². The monoisotopic (exact) mass is 114 g/mol. The number of rotatable bonds is 4. The van der Waals surface area contributed by atoms with Crippen LogP contribution in [0.5, 0.6) is 0 Å². The number of methoxy groups -OCH3 is 2. The molecule has 0 N–H and O–H groups in total. The maximum atomic E-state index is 5.26. The molecule has 0 amide bonds. The Kier molecular flexibility index (Phi) is 5.12. The van der Waals surface area contributed by atoms with Gasteiger partial charge in [-0.15, -0.1) is 0 Å². The average Bonchev–Trinajstić information content (AvgIpc) is 1.83. The van der Waals surface area contributed by atoms with Gasteiger partial charge in [0, 0.05) is 14.2 Å². The van der Waals surface area contributed by atoms with Gasteiger partial charge in [-0.3, -0.25) is 0 Å². The van der Waals surface area contributed by atoms with Gasteiger partial charge in [-0.25, -0.2) is 0 Å². The Bertz CT molecular complexity index is 45.7. The van der Waals surface area contributed by atoms with E-state index in [-0.39, 0.29) is 6.10 Å². The highest BCUT2D eigenvalue weighted by Crippen LogP contribution is 1.92. The fraction of sp³-hybridized carbons (Fsp3) is 1.00. The minimum Gasteiger partial charge on any atom is -0.382 e. The van der Waals surface area contributed by atoms with Crippen LogP contribution in [0.25, 0.3) is 0 Å². The molecule has 1 atom stereocenters. The summed E-state index contributed by atoms with van der Waals surface area (Å²) in [5.41, 5.74) is 0. The van der Waals surface area contributed by atoms with Crippen molar-refractivity contribution in [2.45, 2.75) is 12.4 Å². The van der Waals surface area contributed by atoms with E-state index in [1.165, 1.54) is 0 Å². The van der Waals surface area contributed by atoms with E-state index in [0.29, 0.717) is 12.9 Å². The molecule has 0 aliphatic carbocycles. The third-order valence-electron chi connectivity index (χ3n) is 0.949. The summed E-state index contributed by atoms with van der Waals surface area (Å²) in [4.78, 5) is 0. The molecule has 0 aliphatic heterocycles. The highest BCUT2D eigenvalue weighted by Gasteiger charge is 1.99. The fourth-order valence-corrected chi connectivity index (χ4v) is 0.418. The van der Waals surface area contributed by atoms with Crippen LogP contribution < -0.4 is 0 Å². The Morgan fingerprint density at radius 2 is 2.12 bits per heavy atom. The van der Waals surface area contributed by atoms with Crippen molar-refractivity contribution < 1.29 is 9.47 Å². The normalized spacial score (nSPS) is 13.8. The van der Waals surface area contributed by atoms with Crippen LogP contribution in [0, 0.1) is 0 Å². The molecule has 0 aliphatic rings. The van der Waals surface area contributed by atoms with E-state index in [4.69, 9.17) is 17.3 Å². The lowest BCUT2D eigenvalue weighted by molar-refractivity contribution is 0.0406. The van der Waals surface area contributed by atoms with E-state index >= 15 is 0 Å². The van der Waals surface area contributed by atoms with E-state index in [9.17, 15) is 0 Å². The third kappa shape index (κ3) is 3.05. The molecule has 0 aromatic heterocycles. The first kappa shape index (κ1) is 7.98. The average molecular weight is 114 g/mol. The molecule has 0 aromatic rings. The van der Waals surface area contributed by atoms with Gasteiger partial charge in [0.05, 0.1) is 20.6 Å². The van der Waals surface area contributed by atoms with Crippen LogP contribution in [-0.4, -0.2) is 34.8 Å². The smallest absolute Gasteiger partial charge is 0.0727 e. The van der Waals surface area contributed by atoms with Crippen molar-refractivity contribution in [3.63, 3.8) is 0 Å². The minimum absolute atomic E-state index is 0.0556. The lowest BCUT2D eigenvalue weighted by Crippen LogP contribution is -2.15. The van der Waals surface area contributed by atoms with Gasteiger partial charge < -0.3 is 9.47 Å². The van der Waals surface area contributed by atoms with E-state index < -0.39 is 0 Å². The van der Waals surface area contributed by atoms with Crippen molar-refractivity contribution in [1.29, 1.82) is 0 Å². The van der Waals surface area contributed by atoms with Gasteiger partial charge in [0.15, 0.2) is 0 Å². The topological polar surface area (TPSA) is 18.5 Å². The molecule has 8 heavy (non-hydrogen) atoms. The highest BCUT2D eigenvalue weighted by molar-refractivity contribution is 6.08. The van der Waals surface area contributed by atoms with Crippen molar-refractivity contribution >= 4 is 7.85 Å². The van der Waals surface area contributed by atoms with Crippen molar-refractivity contribution in [1.82, 2.24) is 0 Å². The van der Waals surface area contributed by atoms with E-state index in [0.717, 1.165) is 0 Å². The largest absolute Gasteiger partial charge is 0.382 e. The Morgan fingerprint density at radius 1 is 1.50 bits per heavy atom. The molecule has 0 saturated heterocycles. The summed E-state index contributed by atoms with van der Waals surface area (Å²) in [6.45, 7) is 0.576. The Balaban J connectivity index is 3.07. The van der Waals surface area contributed by atoms with Crippen LogP contribution in [0.2, 0.25) is 6.32 Å². The molecule has 0 fully saturated rings. The summed E-state index contributed by atoms with van der Waals surface area (Å²) in [6, 6.07) is 0. The lowest BCUT2D eigenvalue weighted by atomic mass is 10.0. The van der Waals surface area contributed by atoms with Gasteiger partial charge >= 0.3 is 0 Å². The van der Waals surface area contributed by atoms with Gasteiger partial charge in [0.25, 0.3) is 0 Å². The number of hydrogen-bond acceptors (Lipinski definition) is 2. The standard InChI is InChI=1S/C5H11BO2/c1-7-4-5(3-6)8-2/h5H,3-4H2,1-2H3/t5-/m0/s1. The molecule has 46 valence electrons. The van der Waals surface area contributed by atoms with E-state index in [1.54, 1.807) is 14.2 Å². The van der Waals surface area contributed by atoms with Gasteiger partial charge in [-0.2, -0.15) is 0 Å². The van der Waals surface area contributed by atoms with Crippen molar-refractivity contribution in [2.24, 2.45) is 0 Å². The van der Waals surface area contributed by atoms with Crippen LogP contribution in [0.3, 0.4) is 0 Å². The predicted molar refractivity (Wildman–Crippen MR) is 33.2 cm³/mol. The summed E-state index contributed by atoms with van der Waals surface area (Å²) in [7, 11) is 8.51. The Morgan fingerprint density at radius 3 is 2.25 bits per heavy atom. The second-order valence-electron chi connectivity index (χ2n) is 1.55. The second kappa shape index (κ2) is 5.13. The molecule has 2 radical (unpaired) electrons. The first-order valence-corrected chi connectivity index (χ1v) is 2.57. The quantitative estimate of drug-likeness (QED) is 0.487. The summed E-state index contributed by atoms with van der Waals surface area (Å²) in [5, 5.41) is 0. The number of ether oxygens (including phenoxy) is 2. The first-order valence-electron chi connectivity index (χ1n) is 2.57. The SMILES string of the molecule is [B]C[C@@H](COC)OC. The zero-order valence-electron chi connectivity index (χ0n) is 5.39. The van der Waals surface area contributed by atoms with E-state index in [2.05, 4.69) is 0 Å². The molecular formula is C5H11BO2. The van der Waals surface area contributed by atoms with Gasteiger partial charge in [0.2, 0.25) is 0 Å². The summed E-state index contributed by atoms with van der Waals surface area (Å²) < 4.78 is 9.67. The molecule has 0 spiro atoms. The maximum Gasteiger partial charge on any atom is 0.0727 e.